The smallest absolute Gasteiger partial charge is 0.254 e. The van der Waals surface area contributed by atoms with Crippen LogP contribution in [0.25, 0.3) is 0 Å². The highest BCUT2D eigenvalue weighted by molar-refractivity contribution is 7.89. The summed E-state index contributed by atoms with van der Waals surface area (Å²) >= 11 is 0. The molecule has 0 saturated carbocycles. The van der Waals surface area contributed by atoms with Gasteiger partial charge >= 0.3 is 0 Å². The van der Waals surface area contributed by atoms with Crippen LogP contribution in [-0.2, 0) is 24.3 Å². The number of sulfonamides is 1. The topological polar surface area (TPSA) is 114 Å². The standard InChI is InChI=1S/C19H29N3O6S/c1-22(14-18(23)20-9-5-10-27-2)19(24)15-6-3-8-17(12-15)29(25,26)21-13-16-7-4-11-28-16/h3,6,8,12,16,21H,4-5,7,9-11,13-14H2,1-2H3,(H,20,23). The number of carbonyl (C=O) groups excluding carboxylic acids is 2. The van der Waals surface area contributed by atoms with E-state index in [0.717, 1.165) is 12.8 Å². The molecular weight excluding hydrogens is 398 g/mol. The van der Waals surface area contributed by atoms with Crippen LogP contribution in [0.1, 0.15) is 29.6 Å². The summed E-state index contributed by atoms with van der Waals surface area (Å²) in [5.41, 5.74) is 0.194. The van der Waals surface area contributed by atoms with Crippen molar-refractivity contribution in [2.75, 3.05) is 47.0 Å². The van der Waals surface area contributed by atoms with Gasteiger partial charge in [0.15, 0.2) is 0 Å². The molecule has 1 atom stereocenters. The average molecular weight is 428 g/mol. The van der Waals surface area contributed by atoms with Crippen molar-refractivity contribution < 1.29 is 27.5 Å². The number of nitrogens with one attached hydrogen (secondary N) is 2. The van der Waals surface area contributed by atoms with Gasteiger partial charge in [0.25, 0.3) is 5.91 Å². The van der Waals surface area contributed by atoms with Gasteiger partial charge in [0.2, 0.25) is 15.9 Å². The third-order valence-electron chi connectivity index (χ3n) is 4.49. The van der Waals surface area contributed by atoms with Crippen molar-refractivity contribution in [1.29, 1.82) is 0 Å². The zero-order valence-electron chi connectivity index (χ0n) is 16.8. The summed E-state index contributed by atoms with van der Waals surface area (Å²) in [6, 6.07) is 5.77. The van der Waals surface area contributed by atoms with Crippen LogP contribution in [0.2, 0.25) is 0 Å². The number of amides is 2. The molecule has 1 aromatic carbocycles. The van der Waals surface area contributed by atoms with E-state index in [1.807, 2.05) is 0 Å². The molecule has 1 heterocycles. The van der Waals surface area contributed by atoms with Crippen LogP contribution >= 0.6 is 0 Å². The van der Waals surface area contributed by atoms with Crippen LogP contribution in [0.3, 0.4) is 0 Å². The number of benzene rings is 1. The SMILES string of the molecule is COCCCNC(=O)CN(C)C(=O)c1cccc(S(=O)(=O)NCC2CCCO2)c1. The fraction of sp³-hybridized carbons (Fsp3) is 0.579. The molecule has 0 radical (unpaired) electrons. The number of hydrogen-bond donors (Lipinski definition) is 2. The Morgan fingerprint density at radius 1 is 1.34 bits per heavy atom. The molecule has 10 heteroatoms. The van der Waals surface area contributed by atoms with E-state index in [1.54, 1.807) is 7.11 Å². The Bertz CT molecular complexity index is 793. The first-order valence-corrected chi connectivity index (χ1v) is 11.0. The molecule has 2 rings (SSSR count). The van der Waals surface area contributed by atoms with E-state index in [2.05, 4.69) is 10.0 Å². The number of likely N-dealkylation sites (N-methyl/N-ethyl adjacent to an activating group) is 1. The van der Waals surface area contributed by atoms with Crippen LogP contribution in [-0.4, -0.2) is 78.2 Å². The molecule has 1 unspecified atom stereocenters. The minimum Gasteiger partial charge on any atom is -0.385 e. The second kappa shape index (κ2) is 11.2. The zero-order valence-corrected chi connectivity index (χ0v) is 17.7. The minimum absolute atomic E-state index is 0.00114. The third-order valence-corrected chi connectivity index (χ3v) is 5.91. The summed E-state index contributed by atoms with van der Waals surface area (Å²) in [5, 5.41) is 2.70. The molecule has 0 aliphatic carbocycles. The highest BCUT2D eigenvalue weighted by Gasteiger charge is 2.22. The van der Waals surface area contributed by atoms with Gasteiger partial charge in [-0.1, -0.05) is 6.07 Å². The highest BCUT2D eigenvalue weighted by atomic mass is 32.2. The number of nitrogens with zero attached hydrogens (tertiary/aromatic N) is 1. The molecule has 9 nitrogen and oxygen atoms in total. The van der Waals surface area contributed by atoms with Crippen LogP contribution in [0.15, 0.2) is 29.2 Å². The molecule has 1 aromatic rings. The lowest BCUT2D eigenvalue weighted by atomic mass is 10.2. The van der Waals surface area contributed by atoms with E-state index in [9.17, 15) is 18.0 Å². The van der Waals surface area contributed by atoms with Gasteiger partial charge in [0.1, 0.15) is 0 Å². The Hall–Kier alpha value is -2.01. The number of ether oxygens (including phenoxy) is 2. The summed E-state index contributed by atoms with van der Waals surface area (Å²) in [7, 11) is -0.684. The van der Waals surface area contributed by atoms with E-state index < -0.39 is 15.9 Å². The number of methoxy groups -OCH3 is 1. The molecule has 29 heavy (non-hydrogen) atoms. The van der Waals surface area contributed by atoms with Crippen molar-refractivity contribution in [2.45, 2.75) is 30.3 Å². The first kappa shape index (κ1) is 23.3. The van der Waals surface area contributed by atoms with Crippen molar-refractivity contribution >= 4 is 21.8 Å². The van der Waals surface area contributed by atoms with E-state index in [0.29, 0.717) is 26.2 Å². The van der Waals surface area contributed by atoms with Crippen molar-refractivity contribution in [1.82, 2.24) is 14.9 Å². The summed E-state index contributed by atoms with van der Waals surface area (Å²) in [6.07, 6.45) is 2.30. The molecule has 1 saturated heterocycles. The van der Waals surface area contributed by atoms with Crippen molar-refractivity contribution in [3.63, 3.8) is 0 Å². The van der Waals surface area contributed by atoms with E-state index in [1.165, 1.54) is 36.2 Å². The Morgan fingerprint density at radius 3 is 2.83 bits per heavy atom. The minimum atomic E-state index is -3.76. The number of hydrogen-bond acceptors (Lipinski definition) is 6. The first-order chi connectivity index (χ1) is 13.8. The quantitative estimate of drug-likeness (QED) is 0.493. The van der Waals surface area contributed by atoms with Gasteiger partial charge in [-0.2, -0.15) is 0 Å². The predicted molar refractivity (Wildman–Crippen MR) is 107 cm³/mol. The molecule has 0 bridgehead atoms. The van der Waals surface area contributed by atoms with Crippen molar-refractivity contribution in [2.24, 2.45) is 0 Å². The van der Waals surface area contributed by atoms with Crippen LogP contribution < -0.4 is 10.0 Å². The molecule has 2 amide bonds. The van der Waals surface area contributed by atoms with Gasteiger partial charge < -0.3 is 19.7 Å². The van der Waals surface area contributed by atoms with Crippen LogP contribution in [0.5, 0.6) is 0 Å². The molecule has 0 spiro atoms. The molecular formula is C19H29N3O6S. The van der Waals surface area contributed by atoms with Gasteiger partial charge in [-0.25, -0.2) is 13.1 Å². The fourth-order valence-electron chi connectivity index (χ4n) is 2.90. The lowest BCUT2D eigenvalue weighted by Gasteiger charge is -2.17. The molecule has 1 aliphatic rings. The van der Waals surface area contributed by atoms with Crippen LogP contribution in [0, 0.1) is 0 Å². The van der Waals surface area contributed by atoms with Crippen molar-refractivity contribution in [3.8, 4) is 0 Å². The van der Waals surface area contributed by atoms with Crippen LogP contribution in [0.4, 0.5) is 0 Å². The summed E-state index contributed by atoms with van der Waals surface area (Å²) in [4.78, 5) is 25.8. The van der Waals surface area contributed by atoms with Gasteiger partial charge in [-0.15, -0.1) is 0 Å². The highest BCUT2D eigenvalue weighted by Crippen LogP contribution is 2.15. The largest absolute Gasteiger partial charge is 0.385 e. The Labute approximate surface area is 171 Å². The predicted octanol–water partition coefficient (Wildman–Crippen LogP) is 0.369. The molecule has 1 fully saturated rings. The average Bonchev–Trinajstić information content (AvgIpc) is 3.23. The summed E-state index contributed by atoms with van der Waals surface area (Å²) < 4.78 is 37.9. The molecule has 162 valence electrons. The van der Waals surface area contributed by atoms with E-state index in [4.69, 9.17) is 9.47 Å². The van der Waals surface area contributed by atoms with Gasteiger partial charge in [-0.3, -0.25) is 9.59 Å². The maximum Gasteiger partial charge on any atom is 0.254 e. The Morgan fingerprint density at radius 2 is 2.14 bits per heavy atom. The maximum atomic E-state index is 12.6. The second-order valence-electron chi connectivity index (χ2n) is 6.87. The fourth-order valence-corrected chi connectivity index (χ4v) is 4.01. The summed E-state index contributed by atoms with van der Waals surface area (Å²) in [5.74, 6) is -0.729. The van der Waals surface area contributed by atoms with Crippen molar-refractivity contribution in [3.05, 3.63) is 29.8 Å². The Balaban J connectivity index is 1.94. The second-order valence-corrected chi connectivity index (χ2v) is 8.64. The van der Waals surface area contributed by atoms with Gasteiger partial charge in [0.05, 0.1) is 17.5 Å². The van der Waals surface area contributed by atoms with Gasteiger partial charge in [0, 0.05) is 46.0 Å². The molecule has 1 aliphatic heterocycles. The monoisotopic (exact) mass is 427 g/mol. The normalized spacial score (nSPS) is 16.6. The van der Waals surface area contributed by atoms with Gasteiger partial charge in [-0.05, 0) is 37.5 Å². The summed E-state index contributed by atoms with van der Waals surface area (Å²) in [6.45, 7) is 1.71. The number of carbonyl (C=O) groups is 2. The lowest BCUT2D eigenvalue weighted by molar-refractivity contribution is -0.121. The third kappa shape index (κ3) is 7.39. The lowest BCUT2D eigenvalue weighted by Crippen LogP contribution is -2.39. The maximum absolute atomic E-state index is 12.6. The number of rotatable bonds is 11. The molecule has 2 N–H and O–H groups in total. The Kier molecular flexibility index (Phi) is 9.02. The molecule has 0 aromatic heterocycles. The first-order valence-electron chi connectivity index (χ1n) is 9.56. The van der Waals surface area contributed by atoms with E-state index >= 15 is 0 Å². The zero-order chi connectivity index (χ0) is 21.3. The van der Waals surface area contributed by atoms with E-state index in [-0.39, 0.29) is 35.6 Å².